The molecule has 0 spiro atoms. The summed E-state index contributed by atoms with van der Waals surface area (Å²) in [5, 5.41) is 0. The lowest BCUT2D eigenvalue weighted by molar-refractivity contribution is -0.133. The molecule has 1 aliphatic heterocycles. The van der Waals surface area contributed by atoms with Crippen LogP contribution in [-0.2, 0) is 4.94 Å². The average Bonchev–Trinajstić information content (AvgIpc) is 2.25. The molecule has 1 fully saturated rings. The molecule has 1 heterocycles. The number of nitrogens with zero attached hydrogens (tertiary/aromatic N) is 1. The maximum absolute atomic E-state index is 11.4. The minimum absolute atomic E-state index is 0.252. The van der Waals surface area contributed by atoms with Crippen LogP contribution in [0.5, 0.6) is 0 Å². The summed E-state index contributed by atoms with van der Waals surface area (Å²) in [5.74, 6) is 1.74. The van der Waals surface area contributed by atoms with Crippen molar-refractivity contribution >= 4 is 0 Å². The van der Waals surface area contributed by atoms with E-state index >= 15 is 0 Å². The summed E-state index contributed by atoms with van der Waals surface area (Å²) in [6.07, 6.45) is 4.55. The van der Waals surface area contributed by atoms with Crippen LogP contribution in [-0.4, -0.2) is 31.1 Å². The number of piperidine rings is 1. The molecule has 0 aromatic heterocycles. The van der Waals surface area contributed by atoms with Crippen LogP contribution in [0.15, 0.2) is 0 Å². The molecule has 0 aliphatic carbocycles. The average molecular weight is 217 g/mol. The molecular formula is C12H24FNO. The Bertz CT molecular complexity index is 156. The summed E-state index contributed by atoms with van der Waals surface area (Å²) in [4.78, 5) is 6.06. The molecule has 0 saturated carbocycles. The molecule has 1 saturated heterocycles. The van der Waals surface area contributed by atoms with E-state index in [1.54, 1.807) is 0 Å². The van der Waals surface area contributed by atoms with Crippen LogP contribution < -0.4 is 0 Å². The van der Waals surface area contributed by atoms with E-state index in [1.165, 1.54) is 25.9 Å². The number of hydrogen-bond acceptors (Lipinski definition) is 2. The van der Waals surface area contributed by atoms with Crippen molar-refractivity contribution in [3.63, 3.8) is 0 Å². The van der Waals surface area contributed by atoms with Gasteiger partial charge < -0.3 is 4.90 Å². The molecule has 15 heavy (non-hydrogen) atoms. The van der Waals surface area contributed by atoms with Gasteiger partial charge in [-0.2, -0.15) is 4.94 Å². The molecule has 3 heteroatoms. The first-order valence-corrected chi connectivity index (χ1v) is 6.20. The van der Waals surface area contributed by atoms with Crippen LogP contribution in [0.1, 0.15) is 39.5 Å². The van der Waals surface area contributed by atoms with Crippen molar-refractivity contribution in [1.82, 2.24) is 4.90 Å². The van der Waals surface area contributed by atoms with Gasteiger partial charge in [-0.25, -0.2) is 0 Å². The van der Waals surface area contributed by atoms with Gasteiger partial charge in [0, 0.05) is 0 Å². The topological polar surface area (TPSA) is 12.5 Å². The maximum Gasteiger partial charge on any atom is 0.0876 e. The third-order valence-electron chi connectivity index (χ3n) is 3.52. The lowest BCUT2D eigenvalue weighted by atomic mass is 9.87. The fourth-order valence-corrected chi connectivity index (χ4v) is 2.34. The molecule has 2 nitrogen and oxygen atoms in total. The van der Waals surface area contributed by atoms with Crippen molar-refractivity contribution in [2.24, 2.45) is 11.8 Å². The van der Waals surface area contributed by atoms with Gasteiger partial charge in [0.1, 0.15) is 0 Å². The molecule has 0 aromatic carbocycles. The minimum Gasteiger partial charge on any atom is -0.303 e. The van der Waals surface area contributed by atoms with Gasteiger partial charge in [0.15, 0.2) is 0 Å². The highest BCUT2D eigenvalue weighted by atomic mass is 19.3. The van der Waals surface area contributed by atoms with Crippen LogP contribution in [0.4, 0.5) is 4.53 Å². The Balaban J connectivity index is 2.04. The lowest BCUT2D eigenvalue weighted by Crippen LogP contribution is -2.35. The van der Waals surface area contributed by atoms with Crippen molar-refractivity contribution in [1.29, 1.82) is 0 Å². The van der Waals surface area contributed by atoms with Gasteiger partial charge in [0.2, 0.25) is 0 Å². The smallest absolute Gasteiger partial charge is 0.0876 e. The summed E-state index contributed by atoms with van der Waals surface area (Å²) in [6.45, 7) is 8.44. The Morgan fingerprint density at radius 2 is 1.93 bits per heavy atom. The van der Waals surface area contributed by atoms with Crippen LogP contribution in [0.2, 0.25) is 0 Å². The van der Waals surface area contributed by atoms with Crippen molar-refractivity contribution < 1.29 is 9.47 Å². The van der Waals surface area contributed by atoms with Gasteiger partial charge in [-0.1, -0.05) is 13.8 Å². The molecular weight excluding hydrogens is 193 g/mol. The van der Waals surface area contributed by atoms with Gasteiger partial charge in [-0.3, -0.25) is 0 Å². The number of halogens is 1. The van der Waals surface area contributed by atoms with Gasteiger partial charge in [0.05, 0.1) is 6.61 Å². The molecule has 0 aromatic rings. The summed E-state index contributed by atoms with van der Waals surface area (Å²) >= 11 is 0. The molecule has 0 bridgehead atoms. The predicted octanol–water partition coefficient (Wildman–Crippen LogP) is 3.04. The molecule has 0 N–H and O–H groups in total. The van der Waals surface area contributed by atoms with E-state index in [0.717, 1.165) is 31.2 Å². The zero-order valence-electron chi connectivity index (χ0n) is 10.0. The van der Waals surface area contributed by atoms with E-state index in [4.69, 9.17) is 0 Å². The van der Waals surface area contributed by atoms with Crippen LogP contribution in [0.25, 0.3) is 0 Å². The molecule has 0 radical (unpaired) electrons. The maximum atomic E-state index is 11.4. The van der Waals surface area contributed by atoms with E-state index in [9.17, 15) is 4.53 Å². The Labute approximate surface area is 92.7 Å². The number of likely N-dealkylation sites (tertiary alicyclic amines) is 1. The standard InChI is InChI=1S/C12H24FNO/c1-11(2)12-5-8-14(9-6-12)7-3-4-10-15-13/h11-12H,3-10H2,1-2H3. The molecule has 0 atom stereocenters. The normalized spacial score (nSPS) is 20.0. The van der Waals surface area contributed by atoms with E-state index < -0.39 is 0 Å². The Kier molecular flexibility index (Phi) is 6.18. The van der Waals surface area contributed by atoms with Gasteiger partial charge >= 0.3 is 0 Å². The quantitative estimate of drug-likeness (QED) is 0.634. The fourth-order valence-electron chi connectivity index (χ4n) is 2.34. The van der Waals surface area contributed by atoms with Crippen LogP contribution in [0, 0.1) is 11.8 Å². The van der Waals surface area contributed by atoms with Crippen molar-refractivity contribution in [2.75, 3.05) is 26.2 Å². The van der Waals surface area contributed by atoms with E-state index in [2.05, 4.69) is 23.7 Å². The summed E-state index contributed by atoms with van der Waals surface area (Å²) in [6, 6.07) is 0. The first kappa shape index (κ1) is 12.9. The van der Waals surface area contributed by atoms with Crippen LogP contribution in [0.3, 0.4) is 0 Å². The third-order valence-corrected chi connectivity index (χ3v) is 3.52. The van der Waals surface area contributed by atoms with Gasteiger partial charge in [-0.05, 0) is 61.7 Å². The lowest BCUT2D eigenvalue weighted by Gasteiger charge is -2.33. The second-order valence-corrected chi connectivity index (χ2v) is 4.94. The first-order chi connectivity index (χ1) is 7.24. The molecule has 1 aliphatic rings. The first-order valence-electron chi connectivity index (χ1n) is 6.20. The summed E-state index contributed by atoms with van der Waals surface area (Å²) < 4.78 is 11.4. The predicted molar refractivity (Wildman–Crippen MR) is 60.3 cm³/mol. The van der Waals surface area contributed by atoms with Crippen molar-refractivity contribution in [3.8, 4) is 0 Å². The van der Waals surface area contributed by atoms with E-state index in [1.807, 2.05) is 0 Å². The second kappa shape index (κ2) is 7.18. The van der Waals surface area contributed by atoms with Crippen LogP contribution >= 0.6 is 0 Å². The highest BCUT2D eigenvalue weighted by molar-refractivity contribution is 4.74. The Hall–Kier alpha value is -0.150. The van der Waals surface area contributed by atoms with Crippen molar-refractivity contribution in [2.45, 2.75) is 39.5 Å². The highest BCUT2D eigenvalue weighted by Crippen LogP contribution is 2.24. The number of rotatable bonds is 6. The van der Waals surface area contributed by atoms with E-state index in [0.29, 0.717) is 0 Å². The van der Waals surface area contributed by atoms with Gasteiger partial charge in [-0.15, -0.1) is 0 Å². The molecule has 1 rings (SSSR count). The molecule has 0 amide bonds. The largest absolute Gasteiger partial charge is 0.303 e. The molecule has 90 valence electrons. The summed E-state index contributed by atoms with van der Waals surface area (Å²) in [5.41, 5.74) is 0. The zero-order valence-corrected chi connectivity index (χ0v) is 10.0. The van der Waals surface area contributed by atoms with Crippen molar-refractivity contribution in [3.05, 3.63) is 0 Å². The third kappa shape index (κ3) is 4.94. The Morgan fingerprint density at radius 3 is 2.47 bits per heavy atom. The Morgan fingerprint density at radius 1 is 1.27 bits per heavy atom. The minimum atomic E-state index is 0.252. The van der Waals surface area contributed by atoms with E-state index in [-0.39, 0.29) is 6.61 Å². The second-order valence-electron chi connectivity index (χ2n) is 4.94. The summed E-state index contributed by atoms with van der Waals surface area (Å²) in [7, 11) is 0. The zero-order chi connectivity index (χ0) is 11.1. The SMILES string of the molecule is CC(C)C1CCN(CCCCOF)CC1. The highest BCUT2D eigenvalue weighted by Gasteiger charge is 2.20. The number of unbranched alkanes of at least 4 members (excludes halogenated alkanes) is 1. The molecule has 0 unspecified atom stereocenters. The van der Waals surface area contributed by atoms with Gasteiger partial charge in [0.25, 0.3) is 0 Å². The fraction of sp³-hybridized carbons (Fsp3) is 1.00. The number of hydrogen-bond donors (Lipinski definition) is 0. The monoisotopic (exact) mass is 217 g/mol.